The summed E-state index contributed by atoms with van der Waals surface area (Å²) in [7, 11) is -0.574. The molecule has 34 heavy (non-hydrogen) atoms. The summed E-state index contributed by atoms with van der Waals surface area (Å²) in [5.74, 6) is 0.274. The molecule has 0 aliphatic carbocycles. The summed E-state index contributed by atoms with van der Waals surface area (Å²) < 4.78 is 50.7. The molecule has 0 bridgehead atoms. The second-order valence-corrected chi connectivity index (χ2v) is 10.5. The fourth-order valence-electron chi connectivity index (χ4n) is 3.79. The highest BCUT2D eigenvalue weighted by Crippen LogP contribution is 2.35. The van der Waals surface area contributed by atoms with E-state index < -0.39 is 15.8 Å². The van der Waals surface area contributed by atoms with Gasteiger partial charge in [0.1, 0.15) is 17.3 Å². The fourth-order valence-corrected chi connectivity index (χ4v) is 5.97. The van der Waals surface area contributed by atoms with Crippen LogP contribution in [0.5, 0.6) is 11.5 Å². The van der Waals surface area contributed by atoms with Crippen LogP contribution in [0.1, 0.15) is 12.8 Å². The SMILES string of the molecule is COc1ccc(OC)c(-c2csc(NC(=O)C3CCN(S(=O)(=O)c4ccc(F)cc4)CC3)n2)c1. The molecule has 2 aromatic carbocycles. The van der Waals surface area contributed by atoms with E-state index in [4.69, 9.17) is 9.47 Å². The number of anilines is 1. The molecular formula is C23H24FN3O5S2. The Kier molecular flexibility index (Phi) is 7.15. The number of amides is 1. The number of ether oxygens (including phenoxy) is 2. The van der Waals surface area contributed by atoms with E-state index in [1.165, 1.54) is 27.8 Å². The van der Waals surface area contributed by atoms with Crippen LogP contribution in [-0.2, 0) is 14.8 Å². The van der Waals surface area contributed by atoms with Gasteiger partial charge in [0.05, 0.1) is 24.8 Å². The fraction of sp³-hybridized carbons (Fsp3) is 0.304. The monoisotopic (exact) mass is 505 g/mol. The van der Waals surface area contributed by atoms with Gasteiger partial charge in [-0.3, -0.25) is 4.79 Å². The zero-order chi connectivity index (χ0) is 24.3. The number of aromatic nitrogens is 1. The third-order valence-electron chi connectivity index (χ3n) is 5.69. The first-order valence-corrected chi connectivity index (χ1v) is 12.9. The second-order valence-electron chi connectivity index (χ2n) is 7.73. The minimum atomic E-state index is -3.72. The van der Waals surface area contributed by atoms with Gasteiger partial charge in [-0.05, 0) is 55.3 Å². The number of methoxy groups -OCH3 is 2. The highest BCUT2D eigenvalue weighted by atomic mass is 32.2. The first-order valence-electron chi connectivity index (χ1n) is 10.6. The van der Waals surface area contributed by atoms with Crippen molar-refractivity contribution in [1.29, 1.82) is 0 Å². The Hall–Kier alpha value is -3.02. The van der Waals surface area contributed by atoms with Gasteiger partial charge in [-0.1, -0.05) is 0 Å². The third kappa shape index (κ3) is 5.06. The van der Waals surface area contributed by atoms with E-state index in [2.05, 4.69) is 10.3 Å². The van der Waals surface area contributed by atoms with Crippen LogP contribution in [0.3, 0.4) is 0 Å². The molecule has 1 saturated heterocycles. The Morgan fingerprint density at radius 3 is 2.47 bits per heavy atom. The Morgan fingerprint density at radius 1 is 1.12 bits per heavy atom. The summed E-state index contributed by atoms with van der Waals surface area (Å²) in [5, 5.41) is 5.12. The summed E-state index contributed by atoms with van der Waals surface area (Å²) in [6, 6.07) is 10.1. The van der Waals surface area contributed by atoms with Crippen molar-refractivity contribution in [2.75, 3.05) is 32.6 Å². The number of carbonyl (C=O) groups excluding carboxylic acids is 1. The molecule has 1 aliphatic rings. The summed E-state index contributed by atoms with van der Waals surface area (Å²) in [5.41, 5.74) is 1.40. The van der Waals surface area contributed by atoms with Crippen LogP contribution in [0, 0.1) is 11.7 Å². The first kappa shape index (κ1) is 24.1. The molecule has 8 nitrogen and oxygen atoms in total. The number of nitrogens with zero attached hydrogens (tertiary/aromatic N) is 2. The van der Waals surface area contributed by atoms with Gasteiger partial charge < -0.3 is 14.8 Å². The number of benzene rings is 2. The maximum Gasteiger partial charge on any atom is 0.243 e. The van der Waals surface area contributed by atoms with Crippen LogP contribution in [0.4, 0.5) is 9.52 Å². The molecule has 4 rings (SSSR count). The van der Waals surface area contributed by atoms with Gasteiger partial charge in [-0.25, -0.2) is 17.8 Å². The number of halogens is 1. The number of thiazole rings is 1. The predicted octanol–water partition coefficient (Wildman–Crippen LogP) is 4.01. The minimum absolute atomic E-state index is 0.0417. The van der Waals surface area contributed by atoms with E-state index in [-0.39, 0.29) is 29.8 Å². The van der Waals surface area contributed by atoms with Gasteiger partial charge in [0, 0.05) is 30.0 Å². The normalized spacial score (nSPS) is 15.1. The van der Waals surface area contributed by atoms with Crippen molar-refractivity contribution in [2.45, 2.75) is 17.7 Å². The first-order chi connectivity index (χ1) is 16.3. The molecular weight excluding hydrogens is 481 g/mol. The maximum absolute atomic E-state index is 13.1. The standard InChI is InChI=1S/C23H24FN3O5S2/c1-31-17-5-8-21(32-2)19(13-17)20-14-33-23(25-20)26-22(28)15-9-11-27(12-10-15)34(29,30)18-6-3-16(24)4-7-18/h3-8,13-15H,9-12H2,1-2H3,(H,25,26,28). The highest BCUT2D eigenvalue weighted by Gasteiger charge is 2.32. The lowest BCUT2D eigenvalue weighted by Crippen LogP contribution is -2.41. The number of sulfonamides is 1. The van der Waals surface area contributed by atoms with Crippen molar-refractivity contribution in [2.24, 2.45) is 5.92 Å². The lowest BCUT2D eigenvalue weighted by molar-refractivity contribution is -0.120. The molecule has 1 fully saturated rings. The number of piperidine rings is 1. The largest absolute Gasteiger partial charge is 0.497 e. The van der Waals surface area contributed by atoms with E-state index in [1.807, 2.05) is 11.4 Å². The van der Waals surface area contributed by atoms with E-state index in [0.717, 1.165) is 17.7 Å². The Bertz CT molecular complexity index is 1270. The van der Waals surface area contributed by atoms with E-state index in [0.29, 0.717) is 35.2 Å². The van der Waals surface area contributed by atoms with E-state index >= 15 is 0 Å². The predicted molar refractivity (Wildman–Crippen MR) is 127 cm³/mol. The van der Waals surface area contributed by atoms with Crippen molar-refractivity contribution in [1.82, 2.24) is 9.29 Å². The zero-order valence-electron chi connectivity index (χ0n) is 18.7. The third-order valence-corrected chi connectivity index (χ3v) is 8.36. The van der Waals surface area contributed by atoms with Gasteiger partial charge in [0.25, 0.3) is 0 Å². The van der Waals surface area contributed by atoms with E-state index in [1.54, 1.807) is 26.4 Å². The zero-order valence-corrected chi connectivity index (χ0v) is 20.3. The summed E-state index contributed by atoms with van der Waals surface area (Å²) in [6.45, 7) is 0.420. The topological polar surface area (TPSA) is 97.8 Å². The van der Waals surface area contributed by atoms with Crippen molar-refractivity contribution < 1.29 is 27.1 Å². The molecule has 180 valence electrons. The summed E-state index contributed by atoms with van der Waals surface area (Å²) in [6.07, 6.45) is 0.766. The number of nitrogens with one attached hydrogen (secondary N) is 1. The molecule has 3 aromatic rings. The average Bonchev–Trinajstić information content (AvgIpc) is 3.32. The van der Waals surface area contributed by atoms with Crippen molar-refractivity contribution in [3.05, 3.63) is 53.7 Å². The Balaban J connectivity index is 1.39. The maximum atomic E-state index is 13.1. The molecule has 0 spiro atoms. The van der Waals surface area contributed by atoms with Crippen LogP contribution >= 0.6 is 11.3 Å². The second kappa shape index (κ2) is 10.1. The van der Waals surface area contributed by atoms with Gasteiger partial charge in [-0.15, -0.1) is 11.3 Å². The van der Waals surface area contributed by atoms with Crippen LogP contribution < -0.4 is 14.8 Å². The summed E-state index contributed by atoms with van der Waals surface area (Å²) in [4.78, 5) is 17.4. The molecule has 2 heterocycles. The van der Waals surface area contributed by atoms with Crippen LogP contribution in [0.15, 0.2) is 52.7 Å². The number of rotatable bonds is 7. The highest BCUT2D eigenvalue weighted by molar-refractivity contribution is 7.89. The van der Waals surface area contributed by atoms with Gasteiger partial charge in [0.2, 0.25) is 15.9 Å². The van der Waals surface area contributed by atoms with Crippen LogP contribution in [-0.4, -0.2) is 50.9 Å². The molecule has 1 N–H and O–H groups in total. The van der Waals surface area contributed by atoms with Gasteiger partial charge >= 0.3 is 0 Å². The Labute approximate surface area is 201 Å². The van der Waals surface area contributed by atoms with Gasteiger partial charge in [-0.2, -0.15) is 4.31 Å². The van der Waals surface area contributed by atoms with Crippen LogP contribution in [0.25, 0.3) is 11.3 Å². The lowest BCUT2D eigenvalue weighted by atomic mass is 9.97. The lowest BCUT2D eigenvalue weighted by Gasteiger charge is -2.30. The number of hydrogen-bond acceptors (Lipinski definition) is 7. The number of hydrogen-bond donors (Lipinski definition) is 1. The van der Waals surface area contributed by atoms with Gasteiger partial charge in [0.15, 0.2) is 5.13 Å². The van der Waals surface area contributed by atoms with Crippen molar-refractivity contribution in [3.8, 4) is 22.8 Å². The quantitative estimate of drug-likeness (QED) is 0.521. The molecule has 1 aliphatic heterocycles. The molecule has 0 saturated carbocycles. The molecule has 0 unspecified atom stereocenters. The van der Waals surface area contributed by atoms with Crippen LogP contribution in [0.2, 0.25) is 0 Å². The average molecular weight is 506 g/mol. The molecule has 11 heteroatoms. The minimum Gasteiger partial charge on any atom is -0.497 e. The smallest absolute Gasteiger partial charge is 0.243 e. The van der Waals surface area contributed by atoms with E-state index in [9.17, 15) is 17.6 Å². The molecule has 0 atom stereocenters. The molecule has 1 amide bonds. The van der Waals surface area contributed by atoms with Crippen molar-refractivity contribution >= 4 is 32.4 Å². The molecule has 0 radical (unpaired) electrons. The van der Waals surface area contributed by atoms with Crippen molar-refractivity contribution in [3.63, 3.8) is 0 Å². The molecule has 1 aromatic heterocycles. The Morgan fingerprint density at radius 2 is 1.82 bits per heavy atom. The summed E-state index contributed by atoms with van der Waals surface area (Å²) >= 11 is 1.30. The number of carbonyl (C=O) groups is 1.